The standard InChI is InChI=1S/C14H31NO/c1-7-8-13(11-15-12(2)3)9-10-16-14(4,5)6/h12-13,15H,7-11H2,1-6H3. The van der Waals surface area contributed by atoms with Crippen LogP contribution in [0.4, 0.5) is 0 Å². The van der Waals surface area contributed by atoms with Gasteiger partial charge in [0.15, 0.2) is 0 Å². The molecule has 1 atom stereocenters. The molecule has 0 aliphatic heterocycles. The maximum atomic E-state index is 5.79. The molecule has 0 heterocycles. The number of hydrogen-bond acceptors (Lipinski definition) is 2. The van der Waals surface area contributed by atoms with Crippen LogP contribution >= 0.6 is 0 Å². The molecule has 0 aliphatic carbocycles. The summed E-state index contributed by atoms with van der Waals surface area (Å²) in [4.78, 5) is 0. The van der Waals surface area contributed by atoms with Gasteiger partial charge in [-0.1, -0.05) is 27.2 Å². The van der Waals surface area contributed by atoms with E-state index in [2.05, 4.69) is 46.9 Å². The van der Waals surface area contributed by atoms with Gasteiger partial charge in [0, 0.05) is 12.6 Å². The van der Waals surface area contributed by atoms with Crippen LogP contribution in [0.25, 0.3) is 0 Å². The topological polar surface area (TPSA) is 21.3 Å². The molecule has 0 rings (SSSR count). The van der Waals surface area contributed by atoms with Crippen LogP contribution in [0.5, 0.6) is 0 Å². The van der Waals surface area contributed by atoms with Crippen molar-refractivity contribution in [1.82, 2.24) is 5.32 Å². The molecule has 1 unspecified atom stereocenters. The lowest BCUT2D eigenvalue weighted by molar-refractivity contribution is -0.00968. The van der Waals surface area contributed by atoms with Gasteiger partial charge >= 0.3 is 0 Å². The number of hydrogen-bond donors (Lipinski definition) is 1. The molecule has 0 aromatic heterocycles. The van der Waals surface area contributed by atoms with Crippen LogP contribution in [0, 0.1) is 5.92 Å². The van der Waals surface area contributed by atoms with E-state index in [0.717, 1.165) is 19.1 Å². The van der Waals surface area contributed by atoms with Crippen LogP contribution in [0.1, 0.15) is 60.8 Å². The summed E-state index contributed by atoms with van der Waals surface area (Å²) in [6, 6.07) is 0.586. The van der Waals surface area contributed by atoms with Crippen molar-refractivity contribution in [3.8, 4) is 0 Å². The average molecular weight is 229 g/mol. The smallest absolute Gasteiger partial charge is 0.0598 e. The van der Waals surface area contributed by atoms with Crippen LogP contribution in [0.2, 0.25) is 0 Å². The predicted molar refractivity (Wildman–Crippen MR) is 71.9 cm³/mol. The van der Waals surface area contributed by atoms with Crippen LogP contribution < -0.4 is 5.32 Å². The first-order valence-electron chi connectivity index (χ1n) is 6.72. The lowest BCUT2D eigenvalue weighted by Gasteiger charge is -2.23. The quantitative estimate of drug-likeness (QED) is 0.686. The highest BCUT2D eigenvalue weighted by molar-refractivity contribution is 4.66. The zero-order valence-electron chi connectivity index (χ0n) is 12.1. The van der Waals surface area contributed by atoms with E-state index in [1.165, 1.54) is 19.3 Å². The molecule has 0 radical (unpaired) electrons. The lowest BCUT2D eigenvalue weighted by atomic mass is 10.00. The molecular weight excluding hydrogens is 198 g/mol. The minimum atomic E-state index is 0.00222. The third-order valence-electron chi connectivity index (χ3n) is 2.57. The molecule has 98 valence electrons. The van der Waals surface area contributed by atoms with Crippen LogP contribution in [-0.2, 0) is 4.74 Å². The van der Waals surface area contributed by atoms with E-state index in [1.54, 1.807) is 0 Å². The van der Waals surface area contributed by atoms with Crippen molar-refractivity contribution in [1.29, 1.82) is 0 Å². The second-order valence-electron chi connectivity index (χ2n) is 5.97. The Morgan fingerprint density at radius 2 is 1.75 bits per heavy atom. The Bertz CT molecular complexity index is 161. The number of rotatable bonds is 8. The summed E-state index contributed by atoms with van der Waals surface area (Å²) in [5.41, 5.74) is 0.00222. The van der Waals surface area contributed by atoms with Gasteiger partial charge in [0.2, 0.25) is 0 Å². The summed E-state index contributed by atoms with van der Waals surface area (Å²) in [6.07, 6.45) is 3.73. The minimum absolute atomic E-state index is 0.00222. The Morgan fingerprint density at radius 3 is 2.19 bits per heavy atom. The largest absolute Gasteiger partial charge is 0.376 e. The van der Waals surface area contributed by atoms with E-state index in [1.807, 2.05) is 0 Å². The molecule has 2 heteroatoms. The SMILES string of the molecule is CCCC(CCOC(C)(C)C)CNC(C)C. The summed E-state index contributed by atoms with van der Waals surface area (Å²) in [5, 5.41) is 3.52. The fraction of sp³-hybridized carbons (Fsp3) is 1.00. The van der Waals surface area contributed by atoms with Gasteiger partial charge in [0.1, 0.15) is 0 Å². The van der Waals surface area contributed by atoms with Crippen LogP contribution in [0.3, 0.4) is 0 Å². The molecule has 0 aliphatic rings. The molecule has 0 bridgehead atoms. The average Bonchev–Trinajstić information content (AvgIpc) is 2.12. The van der Waals surface area contributed by atoms with Gasteiger partial charge in [0.05, 0.1) is 5.60 Å². The second-order valence-corrected chi connectivity index (χ2v) is 5.97. The molecule has 0 aromatic rings. The summed E-state index contributed by atoms with van der Waals surface area (Å²) < 4.78 is 5.79. The van der Waals surface area contributed by atoms with Gasteiger partial charge in [-0.15, -0.1) is 0 Å². The summed E-state index contributed by atoms with van der Waals surface area (Å²) in [7, 11) is 0. The Balaban J connectivity index is 3.76. The Hall–Kier alpha value is -0.0800. The molecule has 0 fully saturated rings. The Morgan fingerprint density at radius 1 is 1.12 bits per heavy atom. The summed E-state index contributed by atoms with van der Waals surface area (Å²) >= 11 is 0. The highest BCUT2D eigenvalue weighted by Gasteiger charge is 2.13. The molecule has 16 heavy (non-hydrogen) atoms. The molecule has 1 N–H and O–H groups in total. The van der Waals surface area contributed by atoms with Crippen molar-refractivity contribution in [3.05, 3.63) is 0 Å². The van der Waals surface area contributed by atoms with E-state index in [-0.39, 0.29) is 5.60 Å². The fourth-order valence-electron chi connectivity index (χ4n) is 1.69. The minimum Gasteiger partial charge on any atom is -0.376 e. The van der Waals surface area contributed by atoms with Gasteiger partial charge in [-0.25, -0.2) is 0 Å². The first kappa shape index (κ1) is 15.9. The predicted octanol–water partition coefficient (Wildman–Crippen LogP) is 3.61. The zero-order chi connectivity index (χ0) is 12.6. The molecule has 0 amide bonds. The maximum absolute atomic E-state index is 5.79. The van der Waals surface area contributed by atoms with E-state index < -0.39 is 0 Å². The van der Waals surface area contributed by atoms with Crippen molar-refractivity contribution in [2.24, 2.45) is 5.92 Å². The lowest BCUT2D eigenvalue weighted by Crippen LogP contribution is -2.30. The Labute approximate surface area is 102 Å². The molecular formula is C14H31NO. The second kappa shape index (κ2) is 8.08. The number of ether oxygens (including phenoxy) is 1. The highest BCUT2D eigenvalue weighted by Crippen LogP contribution is 2.14. The van der Waals surface area contributed by atoms with Gasteiger partial charge in [-0.05, 0) is 46.1 Å². The van der Waals surface area contributed by atoms with Crippen molar-refractivity contribution >= 4 is 0 Å². The first-order chi connectivity index (χ1) is 7.35. The summed E-state index contributed by atoms with van der Waals surface area (Å²) in [5.74, 6) is 0.759. The number of nitrogens with one attached hydrogen (secondary N) is 1. The van der Waals surface area contributed by atoms with Crippen molar-refractivity contribution in [3.63, 3.8) is 0 Å². The third-order valence-corrected chi connectivity index (χ3v) is 2.57. The van der Waals surface area contributed by atoms with Crippen molar-refractivity contribution in [2.75, 3.05) is 13.2 Å². The zero-order valence-corrected chi connectivity index (χ0v) is 12.1. The third kappa shape index (κ3) is 10.4. The van der Waals surface area contributed by atoms with E-state index in [4.69, 9.17) is 4.74 Å². The molecule has 0 spiro atoms. The monoisotopic (exact) mass is 229 g/mol. The maximum Gasteiger partial charge on any atom is 0.0598 e. The molecule has 2 nitrogen and oxygen atoms in total. The fourth-order valence-corrected chi connectivity index (χ4v) is 1.69. The van der Waals surface area contributed by atoms with Gasteiger partial charge in [0.25, 0.3) is 0 Å². The van der Waals surface area contributed by atoms with E-state index in [9.17, 15) is 0 Å². The highest BCUT2D eigenvalue weighted by atomic mass is 16.5. The Kier molecular flexibility index (Phi) is 8.04. The van der Waals surface area contributed by atoms with Gasteiger partial charge < -0.3 is 10.1 Å². The molecule has 0 saturated heterocycles. The van der Waals surface area contributed by atoms with Crippen LogP contribution in [0.15, 0.2) is 0 Å². The van der Waals surface area contributed by atoms with Gasteiger partial charge in [-0.3, -0.25) is 0 Å². The van der Waals surface area contributed by atoms with Crippen molar-refractivity contribution < 1.29 is 4.74 Å². The normalized spacial score (nSPS) is 14.4. The first-order valence-corrected chi connectivity index (χ1v) is 6.72. The molecule has 0 saturated carbocycles. The van der Waals surface area contributed by atoms with Crippen molar-refractivity contribution in [2.45, 2.75) is 72.4 Å². The molecule has 0 aromatic carbocycles. The summed E-state index contributed by atoms with van der Waals surface area (Å²) in [6.45, 7) is 15.0. The van der Waals surface area contributed by atoms with E-state index >= 15 is 0 Å². The van der Waals surface area contributed by atoms with E-state index in [0.29, 0.717) is 6.04 Å². The van der Waals surface area contributed by atoms with Gasteiger partial charge in [-0.2, -0.15) is 0 Å². The van der Waals surface area contributed by atoms with Crippen LogP contribution in [-0.4, -0.2) is 24.8 Å².